The van der Waals surface area contributed by atoms with Gasteiger partial charge in [0.15, 0.2) is 0 Å². The van der Waals surface area contributed by atoms with Crippen LogP contribution in [-0.2, 0) is 17.5 Å². The van der Waals surface area contributed by atoms with Gasteiger partial charge in [0.05, 0.1) is 22.6 Å². The summed E-state index contributed by atoms with van der Waals surface area (Å²) in [5.74, 6) is -0.421. The molecule has 0 saturated heterocycles. The van der Waals surface area contributed by atoms with Crippen LogP contribution in [0.15, 0.2) is 67.0 Å². The number of halogens is 3. The molecule has 7 heteroatoms. The molecule has 3 aromatic rings. The molecule has 3 rings (SSSR count). The van der Waals surface area contributed by atoms with Crippen molar-refractivity contribution in [3.05, 3.63) is 78.1 Å². The lowest BCUT2D eigenvalue weighted by atomic mass is 9.92. The van der Waals surface area contributed by atoms with Gasteiger partial charge in [-0.15, -0.1) is 0 Å². The molecule has 0 bridgehead atoms. The number of benzene rings is 2. The normalized spacial score (nSPS) is 11.7. The van der Waals surface area contributed by atoms with Gasteiger partial charge >= 0.3 is 6.18 Å². The Bertz CT molecular complexity index is 1090. The predicted octanol–water partition coefficient (Wildman–Crippen LogP) is 5.71. The second-order valence-corrected chi connectivity index (χ2v) is 7.65. The highest BCUT2D eigenvalue weighted by atomic mass is 19.4. The molecule has 0 fully saturated rings. The highest BCUT2D eigenvalue weighted by Gasteiger charge is 2.34. The van der Waals surface area contributed by atoms with Gasteiger partial charge in [0, 0.05) is 24.6 Å². The van der Waals surface area contributed by atoms with E-state index in [9.17, 15) is 18.0 Å². The number of carbonyl (C=O) groups excluding carboxylic acids is 1. The number of aromatic nitrogens is 1. The number of hydrogen-bond acceptors (Lipinski definition) is 2. The van der Waals surface area contributed by atoms with Gasteiger partial charge in [-0.05, 0) is 49.2 Å². The Morgan fingerprint density at radius 2 is 1.77 bits per heavy atom. The molecular weight excluding hydrogens is 391 g/mol. The van der Waals surface area contributed by atoms with Crippen LogP contribution in [0.5, 0.6) is 0 Å². The number of hydrogen-bond donors (Lipinski definition) is 1. The first kappa shape index (κ1) is 21.2. The van der Waals surface area contributed by atoms with Gasteiger partial charge in [-0.3, -0.25) is 4.79 Å². The van der Waals surface area contributed by atoms with Crippen LogP contribution in [0.3, 0.4) is 0 Å². The molecule has 0 atom stereocenters. The summed E-state index contributed by atoms with van der Waals surface area (Å²) < 4.78 is 41.3. The number of anilines is 1. The SMILES string of the molecule is CC(C)(Cn1ccc(-c2ccccc2)c1)C(=O)Nc1ccc(C#N)c(C(F)(F)F)c1. The number of amides is 1. The molecule has 1 amide bonds. The molecule has 30 heavy (non-hydrogen) atoms. The minimum absolute atomic E-state index is 0.00289. The summed E-state index contributed by atoms with van der Waals surface area (Å²) in [6, 6.07) is 16.4. The Morgan fingerprint density at radius 3 is 2.40 bits per heavy atom. The average molecular weight is 411 g/mol. The van der Waals surface area contributed by atoms with E-state index in [-0.39, 0.29) is 5.69 Å². The lowest BCUT2D eigenvalue weighted by Crippen LogP contribution is -2.34. The zero-order valence-electron chi connectivity index (χ0n) is 16.5. The molecule has 0 spiro atoms. The molecule has 1 N–H and O–H groups in total. The summed E-state index contributed by atoms with van der Waals surface area (Å²) in [6.45, 7) is 3.78. The molecule has 154 valence electrons. The van der Waals surface area contributed by atoms with Crippen LogP contribution in [0.25, 0.3) is 11.1 Å². The van der Waals surface area contributed by atoms with Crippen LogP contribution in [-0.4, -0.2) is 10.5 Å². The zero-order valence-corrected chi connectivity index (χ0v) is 16.5. The van der Waals surface area contributed by atoms with E-state index >= 15 is 0 Å². The summed E-state index contributed by atoms with van der Waals surface area (Å²) >= 11 is 0. The summed E-state index contributed by atoms with van der Waals surface area (Å²) in [5, 5.41) is 11.4. The maximum Gasteiger partial charge on any atom is 0.417 e. The van der Waals surface area contributed by atoms with E-state index in [1.54, 1.807) is 13.8 Å². The monoisotopic (exact) mass is 411 g/mol. The highest BCUT2D eigenvalue weighted by Crippen LogP contribution is 2.34. The number of carbonyl (C=O) groups is 1. The van der Waals surface area contributed by atoms with E-state index in [2.05, 4.69) is 5.32 Å². The molecule has 0 aliphatic heterocycles. The number of nitriles is 1. The minimum atomic E-state index is -4.68. The maximum atomic E-state index is 13.1. The van der Waals surface area contributed by atoms with E-state index in [0.29, 0.717) is 6.54 Å². The molecule has 0 saturated carbocycles. The van der Waals surface area contributed by atoms with Gasteiger partial charge in [-0.1, -0.05) is 30.3 Å². The third-order valence-electron chi connectivity index (χ3n) is 4.75. The van der Waals surface area contributed by atoms with Crippen molar-refractivity contribution in [1.29, 1.82) is 5.26 Å². The Hall–Kier alpha value is -3.53. The lowest BCUT2D eigenvalue weighted by Gasteiger charge is -2.24. The molecule has 4 nitrogen and oxygen atoms in total. The first-order chi connectivity index (χ1) is 14.1. The standard InChI is InChI=1S/C23H20F3N3O/c1-22(2,15-29-11-10-18(14-29)16-6-4-3-5-7-16)21(30)28-19-9-8-17(13-27)20(12-19)23(24,25)26/h3-12,14H,15H2,1-2H3,(H,28,30). The summed E-state index contributed by atoms with van der Waals surface area (Å²) in [6.07, 6.45) is -0.894. The molecule has 0 radical (unpaired) electrons. The van der Waals surface area contributed by atoms with E-state index < -0.39 is 28.6 Å². The van der Waals surface area contributed by atoms with E-state index in [1.165, 1.54) is 12.1 Å². The van der Waals surface area contributed by atoms with Crippen molar-refractivity contribution in [2.24, 2.45) is 5.41 Å². The topological polar surface area (TPSA) is 57.8 Å². The molecule has 2 aromatic carbocycles. The largest absolute Gasteiger partial charge is 0.417 e. The molecule has 0 aliphatic carbocycles. The Balaban J connectivity index is 1.75. The molecule has 0 unspecified atom stereocenters. The van der Waals surface area contributed by atoms with Gasteiger partial charge in [0.1, 0.15) is 0 Å². The van der Waals surface area contributed by atoms with Crippen molar-refractivity contribution in [2.45, 2.75) is 26.6 Å². The minimum Gasteiger partial charge on any atom is -0.353 e. The van der Waals surface area contributed by atoms with Gasteiger partial charge < -0.3 is 9.88 Å². The number of alkyl halides is 3. The third-order valence-corrected chi connectivity index (χ3v) is 4.75. The van der Waals surface area contributed by atoms with E-state index in [4.69, 9.17) is 5.26 Å². The lowest BCUT2D eigenvalue weighted by molar-refractivity contribution is -0.137. The van der Waals surface area contributed by atoms with Crippen molar-refractivity contribution in [3.8, 4) is 17.2 Å². The summed E-state index contributed by atoms with van der Waals surface area (Å²) in [7, 11) is 0. The average Bonchev–Trinajstić information content (AvgIpc) is 3.15. The Labute approximate surface area is 172 Å². The van der Waals surface area contributed by atoms with Gasteiger partial charge in [0.25, 0.3) is 0 Å². The van der Waals surface area contributed by atoms with Crippen LogP contribution in [0.4, 0.5) is 18.9 Å². The fourth-order valence-electron chi connectivity index (χ4n) is 3.12. The molecule has 1 aromatic heterocycles. The fourth-order valence-corrected chi connectivity index (χ4v) is 3.12. The molecular formula is C23H20F3N3O. The van der Waals surface area contributed by atoms with Crippen LogP contribution in [0.2, 0.25) is 0 Å². The van der Waals surface area contributed by atoms with Crippen LogP contribution in [0, 0.1) is 16.7 Å². The van der Waals surface area contributed by atoms with Gasteiger partial charge in [-0.25, -0.2) is 0 Å². The van der Waals surface area contributed by atoms with Crippen LogP contribution in [0.1, 0.15) is 25.0 Å². The second kappa shape index (κ2) is 8.07. The van der Waals surface area contributed by atoms with Crippen molar-refractivity contribution in [3.63, 3.8) is 0 Å². The highest BCUT2D eigenvalue weighted by molar-refractivity contribution is 5.95. The zero-order chi connectivity index (χ0) is 21.9. The van der Waals surface area contributed by atoms with E-state index in [1.807, 2.05) is 53.4 Å². The van der Waals surface area contributed by atoms with Crippen LogP contribution < -0.4 is 5.32 Å². The molecule has 0 aliphatic rings. The van der Waals surface area contributed by atoms with Crippen molar-refractivity contribution in [2.75, 3.05) is 5.32 Å². The van der Waals surface area contributed by atoms with Crippen molar-refractivity contribution >= 4 is 11.6 Å². The van der Waals surface area contributed by atoms with Gasteiger partial charge in [-0.2, -0.15) is 18.4 Å². The second-order valence-electron chi connectivity index (χ2n) is 7.65. The van der Waals surface area contributed by atoms with Crippen molar-refractivity contribution in [1.82, 2.24) is 4.57 Å². The maximum absolute atomic E-state index is 13.1. The number of nitrogens with one attached hydrogen (secondary N) is 1. The molecule has 1 heterocycles. The Morgan fingerprint density at radius 1 is 1.07 bits per heavy atom. The first-order valence-electron chi connectivity index (χ1n) is 9.24. The number of rotatable bonds is 5. The third kappa shape index (κ3) is 4.71. The number of nitrogens with zero attached hydrogens (tertiary/aromatic N) is 2. The quantitative estimate of drug-likeness (QED) is 0.585. The van der Waals surface area contributed by atoms with Crippen LogP contribution >= 0.6 is 0 Å². The summed E-state index contributed by atoms with van der Waals surface area (Å²) in [4.78, 5) is 12.8. The fraction of sp³-hybridized carbons (Fsp3) is 0.217. The summed E-state index contributed by atoms with van der Waals surface area (Å²) in [5.41, 5.74) is -0.389. The smallest absolute Gasteiger partial charge is 0.353 e. The first-order valence-corrected chi connectivity index (χ1v) is 9.24. The predicted molar refractivity (Wildman–Crippen MR) is 108 cm³/mol. The van der Waals surface area contributed by atoms with Crippen molar-refractivity contribution < 1.29 is 18.0 Å². The van der Waals surface area contributed by atoms with E-state index in [0.717, 1.165) is 23.3 Å². The van der Waals surface area contributed by atoms with Gasteiger partial charge in [0.2, 0.25) is 5.91 Å². The Kier molecular flexibility index (Phi) is 5.70.